The lowest BCUT2D eigenvalue weighted by Crippen LogP contribution is -2.32. The zero-order valence-corrected chi connectivity index (χ0v) is 10.1. The average Bonchev–Trinajstić information content (AvgIpc) is 2.27. The minimum Gasteiger partial charge on any atom is -0.370 e. The minimum atomic E-state index is 0.607. The van der Waals surface area contributed by atoms with Gasteiger partial charge < -0.3 is 11.1 Å². The van der Waals surface area contributed by atoms with Crippen LogP contribution in [0.25, 0.3) is 0 Å². The van der Waals surface area contributed by atoms with Gasteiger partial charge in [0.15, 0.2) is 5.96 Å². The molecule has 0 atom stereocenters. The molecule has 0 bridgehead atoms. The van der Waals surface area contributed by atoms with Crippen LogP contribution < -0.4 is 11.1 Å². The van der Waals surface area contributed by atoms with Crippen molar-refractivity contribution in [2.75, 3.05) is 13.1 Å². The van der Waals surface area contributed by atoms with Crippen molar-refractivity contribution in [3.05, 3.63) is 0 Å². The van der Waals surface area contributed by atoms with Gasteiger partial charge in [-0.2, -0.15) is 0 Å². The lowest BCUT2D eigenvalue weighted by molar-refractivity contribution is 0.274. The van der Waals surface area contributed by atoms with Crippen molar-refractivity contribution in [2.45, 2.75) is 46.0 Å². The third-order valence-corrected chi connectivity index (χ3v) is 3.42. The van der Waals surface area contributed by atoms with Gasteiger partial charge in [0.2, 0.25) is 0 Å². The molecule has 3 N–H and O–H groups in total. The average molecular weight is 211 g/mol. The molecule has 0 aromatic rings. The normalized spacial score (nSPS) is 27.7. The molecule has 1 aliphatic rings. The van der Waals surface area contributed by atoms with Crippen LogP contribution in [0.1, 0.15) is 46.0 Å². The van der Waals surface area contributed by atoms with Gasteiger partial charge in [0.05, 0.1) is 0 Å². The van der Waals surface area contributed by atoms with Crippen molar-refractivity contribution < 1.29 is 0 Å². The summed E-state index contributed by atoms with van der Waals surface area (Å²) in [5.74, 6) is 2.34. The van der Waals surface area contributed by atoms with Crippen molar-refractivity contribution in [3.63, 3.8) is 0 Å². The highest BCUT2D eigenvalue weighted by molar-refractivity contribution is 5.77. The van der Waals surface area contributed by atoms with Crippen LogP contribution in [0.4, 0.5) is 0 Å². The number of guanidine groups is 1. The van der Waals surface area contributed by atoms with Gasteiger partial charge in [0.25, 0.3) is 0 Å². The van der Waals surface area contributed by atoms with Crippen molar-refractivity contribution in [1.82, 2.24) is 5.32 Å². The summed E-state index contributed by atoms with van der Waals surface area (Å²) in [4.78, 5) is 4.37. The van der Waals surface area contributed by atoms with Gasteiger partial charge in [0, 0.05) is 13.1 Å². The molecule has 1 aliphatic carbocycles. The zero-order valence-electron chi connectivity index (χ0n) is 10.1. The van der Waals surface area contributed by atoms with Gasteiger partial charge in [-0.25, -0.2) is 0 Å². The molecule has 0 aliphatic heterocycles. The highest BCUT2D eigenvalue weighted by atomic mass is 15.1. The van der Waals surface area contributed by atoms with Gasteiger partial charge in [0.1, 0.15) is 0 Å². The number of aliphatic imine (C=N–C) groups is 1. The molecule has 1 rings (SSSR count). The molecule has 0 saturated heterocycles. The first-order chi connectivity index (χ1) is 7.26. The first-order valence-corrected chi connectivity index (χ1v) is 6.30. The summed E-state index contributed by atoms with van der Waals surface area (Å²) >= 11 is 0. The molecule has 15 heavy (non-hydrogen) atoms. The maximum atomic E-state index is 5.69. The Kier molecular flexibility index (Phi) is 5.51. The summed E-state index contributed by atoms with van der Waals surface area (Å²) < 4.78 is 0. The highest BCUT2D eigenvalue weighted by Gasteiger charge is 2.19. The predicted octanol–water partition coefficient (Wildman–Crippen LogP) is 2.13. The van der Waals surface area contributed by atoms with Crippen LogP contribution in [-0.2, 0) is 0 Å². The van der Waals surface area contributed by atoms with E-state index >= 15 is 0 Å². The molecule has 0 unspecified atom stereocenters. The highest BCUT2D eigenvalue weighted by Crippen LogP contribution is 2.30. The van der Waals surface area contributed by atoms with Gasteiger partial charge in [-0.1, -0.05) is 26.2 Å². The van der Waals surface area contributed by atoms with E-state index in [9.17, 15) is 0 Å². The van der Waals surface area contributed by atoms with Crippen LogP contribution in [0.2, 0.25) is 0 Å². The standard InChI is InChI=1S/C12H25N3/c1-3-10-5-7-11(8-6-10)9-15-12(13)14-4-2/h10-11H,3-9H2,1-2H3,(H3,13,14,15). The lowest BCUT2D eigenvalue weighted by atomic mass is 9.81. The Morgan fingerprint density at radius 3 is 2.33 bits per heavy atom. The SMILES string of the molecule is CCNC(N)=NCC1CCC(CC)CC1. The quantitative estimate of drug-likeness (QED) is 0.553. The molecule has 1 fully saturated rings. The molecule has 0 radical (unpaired) electrons. The Morgan fingerprint density at radius 2 is 1.80 bits per heavy atom. The summed E-state index contributed by atoms with van der Waals surface area (Å²) in [7, 11) is 0. The van der Waals surface area contributed by atoms with Crippen molar-refractivity contribution in [1.29, 1.82) is 0 Å². The smallest absolute Gasteiger partial charge is 0.188 e. The fraction of sp³-hybridized carbons (Fsp3) is 0.917. The molecule has 3 nitrogen and oxygen atoms in total. The molecule has 0 spiro atoms. The largest absolute Gasteiger partial charge is 0.370 e. The fourth-order valence-electron chi connectivity index (χ4n) is 2.29. The van der Waals surface area contributed by atoms with Gasteiger partial charge in [-0.05, 0) is 31.6 Å². The van der Waals surface area contributed by atoms with E-state index in [-0.39, 0.29) is 0 Å². The summed E-state index contributed by atoms with van der Waals surface area (Å²) in [6, 6.07) is 0. The van der Waals surface area contributed by atoms with E-state index in [0.29, 0.717) is 5.96 Å². The van der Waals surface area contributed by atoms with E-state index in [2.05, 4.69) is 17.2 Å². The number of hydrogen-bond donors (Lipinski definition) is 2. The lowest BCUT2D eigenvalue weighted by Gasteiger charge is -2.26. The Balaban J connectivity index is 2.21. The van der Waals surface area contributed by atoms with E-state index in [0.717, 1.165) is 24.9 Å². The number of rotatable bonds is 4. The third kappa shape index (κ3) is 4.54. The van der Waals surface area contributed by atoms with Crippen LogP contribution in [0.15, 0.2) is 4.99 Å². The molecule has 1 saturated carbocycles. The predicted molar refractivity (Wildman–Crippen MR) is 65.9 cm³/mol. The molecule has 3 heteroatoms. The minimum absolute atomic E-state index is 0.607. The number of nitrogens with two attached hydrogens (primary N) is 1. The second kappa shape index (κ2) is 6.70. The molecule has 0 amide bonds. The molecular formula is C12H25N3. The van der Waals surface area contributed by atoms with Gasteiger partial charge in [-0.15, -0.1) is 0 Å². The van der Waals surface area contributed by atoms with E-state index in [1.807, 2.05) is 6.92 Å². The Morgan fingerprint density at radius 1 is 1.20 bits per heavy atom. The number of nitrogens with one attached hydrogen (secondary N) is 1. The van der Waals surface area contributed by atoms with Crippen LogP contribution in [-0.4, -0.2) is 19.0 Å². The van der Waals surface area contributed by atoms with Crippen molar-refractivity contribution in [3.8, 4) is 0 Å². The summed E-state index contributed by atoms with van der Waals surface area (Å²) in [6.07, 6.45) is 6.79. The molecular weight excluding hydrogens is 186 g/mol. The van der Waals surface area contributed by atoms with E-state index in [1.165, 1.54) is 32.1 Å². The number of nitrogens with zero attached hydrogens (tertiary/aromatic N) is 1. The first-order valence-electron chi connectivity index (χ1n) is 6.30. The maximum absolute atomic E-state index is 5.69. The first kappa shape index (κ1) is 12.3. The zero-order chi connectivity index (χ0) is 11.1. The Labute approximate surface area is 93.5 Å². The third-order valence-electron chi connectivity index (χ3n) is 3.42. The van der Waals surface area contributed by atoms with Crippen molar-refractivity contribution >= 4 is 5.96 Å². The summed E-state index contributed by atoms with van der Waals surface area (Å²) in [5, 5.41) is 3.03. The van der Waals surface area contributed by atoms with E-state index in [4.69, 9.17) is 5.73 Å². The number of hydrogen-bond acceptors (Lipinski definition) is 1. The van der Waals surface area contributed by atoms with Crippen LogP contribution >= 0.6 is 0 Å². The topological polar surface area (TPSA) is 50.4 Å². The second-order valence-electron chi connectivity index (χ2n) is 4.55. The van der Waals surface area contributed by atoms with Gasteiger partial charge in [-0.3, -0.25) is 4.99 Å². The maximum Gasteiger partial charge on any atom is 0.188 e. The second-order valence-corrected chi connectivity index (χ2v) is 4.55. The molecule has 0 aromatic carbocycles. The Hall–Kier alpha value is -0.730. The molecule has 0 aromatic heterocycles. The molecule has 0 heterocycles. The van der Waals surface area contributed by atoms with E-state index in [1.54, 1.807) is 0 Å². The monoisotopic (exact) mass is 211 g/mol. The van der Waals surface area contributed by atoms with E-state index < -0.39 is 0 Å². The summed E-state index contributed by atoms with van der Waals surface area (Å²) in [5.41, 5.74) is 5.69. The van der Waals surface area contributed by atoms with Crippen molar-refractivity contribution in [2.24, 2.45) is 22.6 Å². The van der Waals surface area contributed by atoms with Gasteiger partial charge >= 0.3 is 0 Å². The van der Waals surface area contributed by atoms with Crippen LogP contribution in [0.3, 0.4) is 0 Å². The van der Waals surface area contributed by atoms with Crippen LogP contribution in [0, 0.1) is 11.8 Å². The van der Waals surface area contributed by atoms with Crippen LogP contribution in [0.5, 0.6) is 0 Å². The Bertz CT molecular complexity index is 193. The summed E-state index contributed by atoms with van der Waals surface area (Å²) in [6.45, 7) is 6.11. The molecule has 88 valence electrons. The fourth-order valence-corrected chi connectivity index (χ4v) is 2.29.